The predicted octanol–water partition coefficient (Wildman–Crippen LogP) is 1.56. The van der Waals surface area contributed by atoms with Gasteiger partial charge in [0.1, 0.15) is 5.75 Å². The number of rotatable bonds is 3. The number of nitrogens with zero attached hydrogens (tertiary/aromatic N) is 2. The van der Waals surface area contributed by atoms with Crippen molar-refractivity contribution in [3.8, 4) is 5.75 Å². The fourth-order valence-electron chi connectivity index (χ4n) is 3.34. The third kappa shape index (κ3) is 2.69. The van der Waals surface area contributed by atoms with Crippen LogP contribution in [0.15, 0.2) is 18.2 Å². The minimum absolute atomic E-state index is 0.736. The van der Waals surface area contributed by atoms with Gasteiger partial charge in [-0.1, -0.05) is 6.07 Å². The van der Waals surface area contributed by atoms with Crippen LogP contribution in [0.5, 0.6) is 5.75 Å². The zero-order valence-electron chi connectivity index (χ0n) is 11.6. The molecule has 0 bridgehead atoms. The van der Waals surface area contributed by atoms with Gasteiger partial charge in [-0.05, 0) is 37.1 Å². The van der Waals surface area contributed by atoms with Crippen LogP contribution in [0.1, 0.15) is 18.4 Å². The van der Waals surface area contributed by atoms with Crippen molar-refractivity contribution in [2.45, 2.75) is 25.4 Å². The van der Waals surface area contributed by atoms with Gasteiger partial charge in [0, 0.05) is 32.2 Å². The van der Waals surface area contributed by atoms with Gasteiger partial charge in [0.15, 0.2) is 0 Å². The van der Waals surface area contributed by atoms with Gasteiger partial charge in [0.05, 0.1) is 12.8 Å². The Morgan fingerprint density at radius 1 is 1.32 bits per heavy atom. The van der Waals surface area contributed by atoms with E-state index < -0.39 is 0 Å². The van der Waals surface area contributed by atoms with E-state index in [1.807, 2.05) is 12.1 Å². The second-order valence-corrected chi connectivity index (χ2v) is 5.64. The Morgan fingerprint density at radius 3 is 3.00 bits per heavy atom. The van der Waals surface area contributed by atoms with E-state index in [4.69, 9.17) is 10.5 Å². The molecule has 4 nitrogen and oxygen atoms in total. The molecule has 1 aromatic rings. The van der Waals surface area contributed by atoms with E-state index >= 15 is 0 Å². The maximum Gasteiger partial charge on any atom is 0.141 e. The van der Waals surface area contributed by atoms with Crippen LogP contribution in [-0.2, 0) is 6.54 Å². The first-order chi connectivity index (χ1) is 9.26. The van der Waals surface area contributed by atoms with Crippen molar-refractivity contribution < 1.29 is 4.74 Å². The fourth-order valence-corrected chi connectivity index (χ4v) is 3.34. The van der Waals surface area contributed by atoms with Crippen LogP contribution in [0.4, 0.5) is 5.69 Å². The zero-order valence-corrected chi connectivity index (χ0v) is 11.6. The van der Waals surface area contributed by atoms with Crippen molar-refractivity contribution >= 4 is 5.69 Å². The summed E-state index contributed by atoms with van der Waals surface area (Å²) in [6, 6.07) is 6.91. The van der Waals surface area contributed by atoms with Crippen molar-refractivity contribution in [2.75, 3.05) is 39.0 Å². The molecule has 0 radical (unpaired) electrons. The van der Waals surface area contributed by atoms with Gasteiger partial charge in [0.25, 0.3) is 0 Å². The van der Waals surface area contributed by atoms with Crippen molar-refractivity contribution in [1.29, 1.82) is 0 Å². The average Bonchev–Trinajstić information content (AvgIpc) is 2.86. The molecule has 0 amide bonds. The van der Waals surface area contributed by atoms with Gasteiger partial charge in [0.2, 0.25) is 0 Å². The maximum atomic E-state index is 5.97. The van der Waals surface area contributed by atoms with E-state index in [1.54, 1.807) is 7.11 Å². The summed E-state index contributed by atoms with van der Waals surface area (Å²) in [5.41, 5.74) is 7.99. The molecule has 0 spiro atoms. The van der Waals surface area contributed by atoms with Crippen molar-refractivity contribution in [2.24, 2.45) is 0 Å². The number of piperazine rings is 1. The molecule has 2 heterocycles. The molecular weight excluding hydrogens is 238 g/mol. The molecule has 2 aliphatic rings. The van der Waals surface area contributed by atoms with Crippen LogP contribution in [-0.4, -0.2) is 49.1 Å². The van der Waals surface area contributed by atoms with Gasteiger partial charge in [-0.3, -0.25) is 9.80 Å². The molecule has 0 saturated carbocycles. The van der Waals surface area contributed by atoms with E-state index in [9.17, 15) is 0 Å². The lowest BCUT2D eigenvalue weighted by Gasteiger charge is -2.37. The highest BCUT2D eigenvalue weighted by atomic mass is 16.5. The lowest BCUT2D eigenvalue weighted by molar-refractivity contribution is 0.0994. The Kier molecular flexibility index (Phi) is 3.62. The number of hydrogen-bond donors (Lipinski definition) is 1. The molecule has 2 aliphatic heterocycles. The largest absolute Gasteiger partial charge is 0.495 e. The lowest BCUT2D eigenvalue weighted by Crippen LogP contribution is -2.49. The highest BCUT2D eigenvalue weighted by Gasteiger charge is 2.30. The van der Waals surface area contributed by atoms with Crippen LogP contribution in [0.3, 0.4) is 0 Å². The third-order valence-electron chi connectivity index (χ3n) is 4.37. The van der Waals surface area contributed by atoms with Crippen molar-refractivity contribution in [3.63, 3.8) is 0 Å². The Morgan fingerprint density at radius 2 is 2.21 bits per heavy atom. The van der Waals surface area contributed by atoms with E-state index in [1.165, 1.54) is 44.6 Å². The van der Waals surface area contributed by atoms with E-state index in [-0.39, 0.29) is 0 Å². The molecule has 1 aromatic carbocycles. The first kappa shape index (κ1) is 12.8. The molecule has 19 heavy (non-hydrogen) atoms. The zero-order chi connectivity index (χ0) is 13.2. The predicted molar refractivity (Wildman–Crippen MR) is 77.3 cm³/mol. The minimum atomic E-state index is 0.736. The molecule has 0 aliphatic carbocycles. The summed E-state index contributed by atoms with van der Waals surface area (Å²) in [7, 11) is 1.66. The quantitative estimate of drug-likeness (QED) is 0.838. The monoisotopic (exact) mass is 261 g/mol. The van der Waals surface area contributed by atoms with Gasteiger partial charge in [-0.2, -0.15) is 0 Å². The summed E-state index contributed by atoms with van der Waals surface area (Å²) >= 11 is 0. The summed E-state index contributed by atoms with van der Waals surface area (Å²) in [4.78, 5) is 5.19. The molecular formula is C15H23N3O. The maximum absolute atomic E-state index is 5.97. The Labute approximate surface area is 115 Å². The molecule has 2 saturated heterocycles. The molecule has 2 N–H and O–H groups in total. The molecule has 1 atom stereocenters. The highest BCUT2D eigenvalue weighted by molar-refractivity contribution is 5.54. The summed E-state index contributed by atoms with van der Waals surface area (Å²) in [6.07, 6.45) is 2.73. The topological polar surface area (TPSA) is 41.7 Å². The average molecular weight is 261 g/mol. The van der Waals surface area contributed by atoms with Crippen LogP contribution >= 0.6 is 0 Å². The summed E-state index contributed by atoms with van der Waals surface area (Å²) in [5, 5.41) is 0. The number of benzene rings is 1. The van der Waals surface area contributed by atoms with Gasteiger partial charge < -0.3 is 10.5 Å². The normalized spacial score (nSPS) is 24.4. The van der Waals surface area contributed by atoms with Gasteiger partial charge in [-0.15, -0.1) is 0 Å². The van der Waals surface area contributed by atoms with Crippen LogP contribution in [0.25, 0.3) is 0 Å². The number of hydrogen-bond acceptors (Lipinski definition) is 4. The molecule has 3 rings (SSSR count). The van der Waals surface area contributed by atoms with Crippen LogP contribution in [0.2, 0.25) is 0 Å². The van der Waals surface area contributed by atoms with Gasteiger partial charge in [-0.25, -0.2) is 0 Å². The molecule has 0 aromatic heterocycles. The number of ether oxygens (including phenoxy) is 1. The van der Waals surface area contributed by atoms with E-state index in [0.29, 0.717) is 0 Å². The lowest BCUT2D eigenvalue weighted by atomic mass is 10.1. The first-order valence-electron chi connectivity index (χ1n) is 7.15. The van der Waals surface area contributed by atoms with Crippen LogP contribution < -0.4 is 10.5 Å². The molecule has 2 fully saturated rings. The highest BCUT2D eigenvalue weighted by Crippen LogP contribution is 2.25. The Balaban J connectivity index is 1.63. The Bertz CT molecular complexity index is 449. The number of anilines is 1. The van der Waals surface area contributed by atoms with Gasteiger partial charge >= 0.3 is 0 Å². The second-order valence-electron chi connectivity index (χ2n) is 5.64. The number of methoxy groups -OCH3 is 1. The van der Waals surface area contributed by atoms with Crippen LogP contribution in [0, 0.1) is 0 Å². The summed E-state index contributed by atoms with van der Waals surface area (Å²) in [6.45, 7) is 5.89. The molecule has 4 heteroatoms. The number of nitrogens with two attached hydrogens (primary N) is 1. The SMILES string of the molecule is COc1ccc(CN2CCN3CCCC3C2)cc1N. The Hall–Kier alpha value is -1.26. The van der Waals surface area contributed by atoms with E-state index in [0.717, 1.165) is 24.0 Å². The minimum Gasteiger partial charge on any atom is -0.495 e. The smallest absolute Gasteiger partial charge is 0.141 e. The summed E-state index contributed by atoms with van der Waals surface area (Å²) < 4.78 is 5.20. The standard InChI is InChI=1S/C15H23N3O/c1-19-15-5-4-12(9-14(15)16)10-17-7-8-18-6-2-3-13(18)11-17/h4-5,9,13H,2-3,6-8,10-11,16H2,1H3. The molecule has 1 unspecified atom stereocenters. The second kappa shape index (κ2) is 5.39. The van der Waals surface area contributed by atoms with Crippen molar-refractivity contribution in [3.05, 3.63) is 23.8 Å². The number of fused-ring (bicyclic) bond motifs is 1. The number of nitrogen functional groups attached to an aromatic ring is 1. The third-order valence-corrected chi connectivity index (χ3v) is 4.37. The molecule has 104 valence electrons. The fraction of sp³-hybridized carbons (Fsp3) is 0.600. The van der Waals surface area contributed by atoms with Crippen molar-refractivity contribution in [1.82, 2.24) is 9.80 Å². The first-order valence-corrected chi connectivity index (χ1v) is 7.15. The van der Waals surface area contributed by atoms with E-state index in [2.05, 4.69) is 15.9 Å². The summed E-state index contributed by atoms with van der Waals surface area (Å²) in [5.74, 6) is 0.768.